The van der Waals surface area contributed by atoms with E-state index in [2.05, 4.69) is 24.1 Å². The quantitative estimate of drug-likeness (QED) is 0.813. The zero-order valence-electron chi connectivity index (χ0n) is 13.2. The van der Waals surface area contributed by atoms with Crippen molar-refractivity contribution >= 4 is 17.2 Å². The number of thiazole rings is 1. The molecule has 0 bridgehead atoms. The highest BCUT2D eigenvalue weighted by atomic mass is 32.1. The zero-order valence-corrected chi connectivity index (χ0v) is 14.0. The Bertz CT molecular complexity index is 442. The maximum Gasteiger partial charge on any atom is 0.220 e. The number of rotatable bonds is 7. The number of amides is 1. The Balaban J connectivity index is 2.55. The molecule has 0 fully saturated rings. The molecule has 1 aromatic rings. The lowest BCUT2D eigenvalue weighted by molar-refractivity contribution is -0.122. The summed E-state index contributed by atoms with van der Waals surface area (Å²) in [6, 6.07) is 0.0196. The van der Waals surface area contributed by atoms with Gasteiger partial charge in [0.05, 0.1) is 16.7 Å². The summed E-state index contributed by atoms with van der Waals surface area (Å²) in [5, 5.41) is 4.10. The molecule has 4 nitrogen and oxygen atoms in total. The number of nitrogens with two attached hydrogens (primary N) is 1. The van der Waals surface area contributed by atoms with E-state index in [0.29, 0.717) is 18.9 Å². The molecule has 0 saturated carbocycles. The third-order valence-corrected chi connectivity index (χ3v) is 4.58. The Morgan fingerprint density at radius 1 is 1.35 bits per heavy atom. The fourth-order valence-electron chi connectivity index (χ4n) is 2.51. The molecule has 0 aromatic carbocycles. The number of nitrogens with one attached hydrogen (secondary N) is 1. The standard InChI is InChI=1S/C15H27N3OS/c1-9(2)6-13(8-16)7-14(19)18-11(4)15-10(3)17-12(5)20-15/h9,11,13H,6-8,16H2,1-5H3,(H,18,19). The van der Waals surface area contributed by atoms with E-state index in [1.165, 1.54) is 0 Å². The third-order valence-electron chi connectivity index (χ3n) is 3.32. The van der Waals surface area contributed by atoms with Crippen molar-refractivity contribution in [2.45, 2.75) is 53.5 Å². The predicted molar refractivity (Wildman–Crippen MR) is 84.8 cm³/mol. The first kappa shape index (κ1) is 17.1. The van der Waals surface area contributed by atoms with Gasteiger partial charge in [0.25, 0.3) is 0 Å². The van der Waals surface area contributed by atoms with Gasteiger partial charge in [-0.15, -0.1) is 11.3 Å². The summed E-state index contributed by atoms with van der Waals surface area (Å²) in [4.78, 5) is 17.7. The van der Waals surface area contributed by atoms with Gasteiger partial charge in [-0.1, -0.05) is 13.8 Å². The maximum absolute atomic E-state index is 12.1. The highest BCUT2D eigenvalue weighted by Gasteiger charge is 2.18. The molecular weight excluding hydrogens is 270 g/mol. The van der Waals surface area contributed by atoms with Crippen LogP contribution in [-0.4, -0.2) is 17.4 Å². The second kappa shape index (κ2) is 7.74. The van der Waals surface area contributed by atoms with E-state index in [-0.39, 0.29) is 17.9 Å². The summed E-state index contributed by atoms with van der Waals surface area (Å²) < 4.78 is 0. The molecule has 1 rings (SSSR count). The molecule has 0 radical (unpaired) electrons. The summed E-state index contributed by atoms with van der Waals surface area (Å²) in [6.45, 7) is 10.9. The summed E-state index contributed by atoms with van der Waals surface area (Å²) in [6.07, 6.45) is 1.51. The minimum Gasteiger partial charge on any atom is -0.349 e. The van der Waals surface area contributed by atoms with Crippen LogP contribution in [0.4, 0.5) is 0 Å². The molecule has 3 N–H and O–H groups in total. The van der Waals surface area contributed by atoms with Gasteiger partial charge in [0.1, 0.15) is 0 Å². The van der Waals surface area contributed by atoms with Crippen LogP contribution in [0, 0.1) is 25.7 Å². The molecule has 0 aliphatic carbocycles. The molecule has 1 heterocycles. The number of carbonyl (C=O) groups excluding carboxylic acids is 1. The van der Waals surface area contributed by atoms with E-state index in [1.807, 2.05) is 20.8 Å². The second-order valence-corrected chi connectivity index (χ2v) is 7.14. The van der Waals surface area contributed by atoms with Crippen molar-refractivity contribution in [1.29, 1.82) is 0 Å². The number of aromatic nitrogens is 1. The maximum atomic E-state index is 12.1. The van der Waals surface area contributed by atoms with Gasteiger partial charge in [-0.05, 0) is 45.6 Å². The largest absolute Gasteiger partial charge is 0.349 e. The zero-order chi connectivity index (χ0) is 15.3. The normalized spacial score (nSPS) is 14.3. The van der Waals surface area contributed by atoms with E-state index >= 15 is 0 Å². The van der Waals surface area contributed by atoms with Gasteiger partial charge >= 0.3 is 0 Å². The molecule has 20 heavy (non-hydrogen) atoms. The Hall–Kier alpha value is -0.940. The summed E-state index contributed by atoms with van der Waals surface area (Å²) >= 11 is 1.65. The van der Waals surface area contributed by atoms with Crippen molar-refractivity contribution in [2.24, 2.45) is 17.6 Å². The van der Waals surface area contributed by atoms with Crippen LogP contribution in [0.5, 0.6) is 0 Å². The van der Waals surface area contributed by atoms with Crippen LogP contribution in [0.1, 0.15) is 55.2 Å². The molecule has 114 valence electrons. The average molecular weight is 297 g/mol. The van der Waals surface area contributed by atoms with Crippen molar-refractivity contribution in [1.82, 2.24) is 10.3 Å². The van der Waals surface area contributed by atoms with Gasteiger partial charge < -0.3 is 11.1 Å². The Morgan fingerprint density at radius 3 is 2.45 bits per heavy atom. The SMILES string of the molecule is Cc1nc(C)c(C(C)NC(=O)CC(CN)CC(C)C)s1. The molecule has 2 unspecified atom stereocenters. The highest BCUT2D eigenvalue weighted by molar-refractivity contribution is 7.11. The Labute approximate surface area is 126 Å². The Kier molecular flexibility index (Phi) is 6.62. The van der Waals surface area contributed by atoms with Gasteiger partial charge in [-0.2, -0.15) is 0 Å². The van der Waals surface area contributed by atoms with Crippen molar-refractivity contribution in [3.63, 3.8) is 0 Å². The number of carbonyl (C=O) groups is 1. The number of nitrogens with zero attached hydrogens (tertiary/aromatic N) is 1. The first-order chi connectivity index (χ1) is 9.33. The smallest absolute Gasteiger partial charge is 0.220 e. The minimum absolute atomic E-state index is 0.0196. The Morgan fingerprint density at radius 2 is 2.00 bits per heavy atom. The summed E-state index contributed by atoms with van der Waals surface area (Å²) in [5.74, 6) is 0.922. The van der Waals surface area contributed by atoms with Crippen LogP contribution < -0.4 is 11.1 Å². The van der Waals surface area contributed by atoms with Crippen molar-refractivity contribution < 1.29 is 4.79 Å². The third kappa shape index (κ3) is 5.21. The number of hydrogen-bond donors (Lipinski definition) is 2. The van der Waals surface area contributed by atoms with Gasteiger partial charge in [0.15, 0.2) is 0 Å². The molecule has 0 saturated heterocycles. The van der Waals surface area contributed by atoms with Crippen LogP contribution >= 0.6 is 11.3 Å². The average Bonchev–Trinajstić information content (AvgIpc) is 2.66. The molecule has 5 heteroatoms. The lowest BCUT2D eigenvalue weighted by Crippen LogP contribution is -2.30. The van der Waals surface area contributed by atoms with E-state index in [9.17, 15) is 4.79 Å². The van der Waals surface area contributed by atoms with Gasteiger partial charge in [-0.3, -0.25) is 4.79 Å². The fraction of sp³-hybridized carbons (Fsp3) is 0.733. The van der Waals surface area contributed by atoms with Crippen LogP contribution in [0.2, 0.25) is 0 Å². The summed E-state index contributed by atoms with van der Waals surface area (Å²) in [7, 11) is 0. The molecular formula is C15H27N3OS. The van der Waals surface area contributed by atoms with E-state index in [1.54, 1.807) is 11.3 Å². The van der Waals surface area contributed by atoms with Crippen LogP contribution in [0.25, 0.3) is 0 Å². The fourth-order valence-corrected chi connectivity index (χ4v) is 3.44. The van der Waals surface area contributed by atoms with Crippen molar-refractivity contribution in [3.8, 4) is 0 Å². The molecule has 0 aliphatic rings. The van der Waals surface area contributed by atoms with Gasteiger partial charge in [0.2, 0.25) is 5.91 Å². The number of hydrogen-bond acceptors (Lipinski definition) is 4. The van der Waals surface area contributed by atoms with Crippen LogP contribution in [0.3, 0.4) is 0 Å². The van der Waals surface area contributed by atoms with Crippen molar-refractivity contribution in [2.75, 3.05) is 6.54 Å². The highest BCUT2D eigenvalue weighted by Crippen LogP contribution is 2.24. The molecule has 1 amide bonds. The molecule has 1 aromatic heterocycles. The minimum atomic E-state index is 0.0196. The van der Waals surface area contributed by atoms with Gasteiger partial charge in [0, 0.05) is 11.3 Å². The lowest BCUT2D eigenvalue weighted by Gasteiger charge is -2.18. The number of aryl methyl sites for hydroxylation is 2. The van der Waals surface area contributed by atoms with Gasteiger partial charge in [-0.25, -0.2) is 4.98 Å². The van der Waals surface area contributed by atoms with E-state index in [0.717, 1.165) is 22.0 Å². The van der Waals surface area contributed by atoms with Crippen molar-refractivity contribution in [3.05, 3.63) is 15.6 Å². The second-order valence-electron chi connectivity index (χ2n) is 5.91. The molecule has 0 aliphatic heterocycles. The van der Waals surface area contributed by atoms with Crippen LogP contribution in [0.15, 0.2) is 0 Å². The lowest BCUT2D eigenvalue weighted by atomic mass is 9.94. The topological polar surface area (TPSA) is 68.0 Å². The molecule has 2 atom stereocenters. The first-order valence-corrected chi connectivity index (χ1v) is 8.08. The summed E-state index contributed by atoms with van der Waals surface area (Å²) in [5.41, 5.74) is 6.76. The predicted octanol–water partition coefficient (Wildman–Crippen LogP) is 2.95. The monoisotopic (exact) mass is 297 g/mol. The van der Waals surface area contributed by atoms with E-state index in [4.69, 9.17) is 5.73 Å². The van der Waals surface area contributed by atoms with E-state index < -0.39 is 0 Å². The molecule has 0 spiro atoms. The van der Waals surface area contributed by atoms with Crippen LogP contribution in [-0.2, 0) is 4.79 Å². The first-order valence-electron chi connectivity index (χ1n) is 7.26.